The molecule has 6 heteroatoms. The molecule has 1 aliphatic heterocycles. The van der Waals surface area contributed by atoms with Crippen LogP contribution < -0.4 is 15.9 Å². The number of hydrogen-bond donors (Lipinski definition) is 1. The molecule has 4 aromatic rings. The van der Waals surface area contributed by atoms with E-state index < -0.39 is 17.5 Å². The third kappa shape index (κ3) is 2.45. The van der Waals surface area contributed by atoms with Crippen molar-refractivity contribution in [3.63, 3.8) is 0 Å². The molecule has 1 N–H and O–H groups in total. The van der Waals surface area contributed by atoms with E-state index in [1.165, 1.54) is 6.07 Å². The number of rotatable bonds is 1. The van der Waals surface area contributed by atoms with E-state index in [9.17, 15) is 14.4 Å². The lowest BCUT2D eigenvalue weighted by Gasteiger charge is -2.25. The first-order chi connectivity index (χ1) is 13.5. The Labute approximate surface area is 158 Å². The average Bonchev–Trinajstić information content (AvgIpc) is 2.66. The third-order valence-electron chi connectivity index (χ3n) is 5.22. The number of aromatic nitrogens is 1. The first-order valence-electron chi connectivity index (χ1n) is 8.91. The molecule has 0 bridgehead atoms. The first-order valence-corrected chi connectivity index (χ1v) is 8.91. The second kappa shape index (κ2) is 5.92. The number of esters is 1. The normalized spacial score (nSPS) is 16.2. The molecule has 28 heavy (non-hydrogen) atoms. The molecule has 0 saturated heterocycles. The van der Waals surface area contributed by atoms with Crippen LogP contribution in [0.25, 0.3) is 21.9 Å². The van der Waals surface area contributed by atoms with E-state index >= 15 is 0 Å². The number of carbonyl (C=O) groups is 1. The minimum absolute atomic E-state index is 0.00874. The van der Waals surface area contributed by atoms with Gasteiger partial charge >= 0.3 is 11.6 Å². The highest BCUT2D eigenvalue weighted by molar-refractivity contribution is 5.90. The monoisotopic (exact) mass is 373 g/mol. The zero-order valence-corrected chi connectivity index (χ0v) is 14.9. The van der Waals surface area contributed by atoms with E-state index in [-0.39, 0.29) is 12.0 Å². The number of aromatic amines is 1. The summed E-state index contributed by atoms with van der Waals surface area (Å²) in [5.41, 5.74) is 2.06. The Hall–Kier alpha value is -3.67. The van der Waals surface area contributed by atoms with Crippen molar-refractivity contribution < 1.29 is 13.9 Å². The molecule has 0 aliphatic carbocycles. The number of nitrogens with one attached hydrogen (secondary N) is 1. The number of pyridine rings is 1. The highest BCUT2D eigenvalue weighted by Gasteiger charge is 2.33. The average molecular weight is 373 g/mol. The van der Waals surface area contributed by atoms with Crippen molar-refractivity contribution in [3.05, 3.63) is 86.0 Å². The van der Waals surface area contributed by atoms with Gasteiger partial charge in [-0.25, -0.2) is 4.79 Å². The molecule has 0 saturated carbocycles. The topological polar surface area (TPSA) is 89.4 Å². The molecular formula is C22H15NO5. The minimum atomic E-state index is -0.571. The van der Waals surface area contributed by atoms with E-state index in [1.807, 2.05) is 31.2 Å². The molecule has 1 unspecified atom stereocenters. The number of carbonyl (C=O) groups excluding carboxylic acids is 1. The maximum atomic E-state index is 12.8. The minimum Gasteiger partial charge on any atom is -0.426 e. The second-order valence-corrected chi connectivity index (χ2v) is 6.97. The zero-order valence-electron chi connectivity index (χ0n) is 14.9. The standard InChI is InChI=1S/C22H15NO5/c1-11-8-18(24)28-21-13(11)6-7-17-20(21)14(10-19(25)27-17)15-9-12-4-2-3-5-16(12)23-22(15)26/h2-9,14H,10H2,1H3,(H,23,26). The summed E-state index contributed by atoms with van der Waals surface area (Å²) in [5.74, 6) is -0.687. The summed E-state index contributed by atoms with van der Waals surface area (Å²) in [6.07, 6.45) is -0.00874. The molecule has 5 rings (SSSR count). The van der Waals surface area contributed by atoms with Gasteiger partial charge in [0.25, 0.3) is 5.56 Å². The maximum absolute atomic E-state index is 12.8. The Morgan fingerprint density at radius 2 is 1.86 bits per heavy atom. The van der Waals surface area contributed by atoms with Crippen LogP contribution in [-0.2, 0) is 4.79 Å². The number of fused-ring (bicyclic) bond motifs is 4. The summed E-state index contributed by atoms with van der Waals surface area (Å²) >= 11 is 0. The van der Waals surface area contributed by atoms with Gasteiger partial charge in [-0.05, 0) is 42.1 Å². The van der Waals surface area contributed by atoms with E-state index in [1.54, 1.807) is 18.2 Å². The summed E-state index contributed by atoms with van der Waals surface area (Å²) < 4.78 is 10.9. The Kier molecular flexibility index (Phi) is 3.49. The zero-order chi connectivity index (χ0) is 19.4. The molecular weight excluding hydrogens is 358 g/mol. The number of H-pyrrole nitrogens is 1. The lowest BCUT2D eigenvalue weighted by Crippen LogP contribution is -2.26. The van der Waals surface area contributed by atoms with Crippen molar-refractivity contribution in [3.8, 4) is 5.75 Å². The van der Waals surface area contributed by atoms with Gasteiger partial charge in [-0.1, -0.05) is 18.2 Å². The number of para-hydroxylation sites is 1. The summed E-state index contributed by atoms with van der Waals surface area (Å²) in [7, 11) is 0. The molecule has 0 fully saturated rings. The summed E-state index contributed by atoms with van der Waals surface area (Å²) in [4.78, 5) is 39.9. The molecule has 2 aromatic heterocycles. The summed E-state index contributed by atoms with van der Waals surface area (Å²) in [6.45, 7) is 1.82. The molecule has 1 atom stereocenters. The van der Waals surface area contributed by atoms with Gasteiger partial charge in [0.05, 0.1) is 6.42 Å². The number of hydrogen-bond acceptors (Lipinski definition) is 5. The molecule has 138 valence electrons. The van der Waals surface area contributed by atoms with E-state index in [0.29, 0.717) is 22.5 Å². The number of ether oxygens (including phenoxy) is 1. The van der Waals surface area contributed by atoms with Crippen molar-refractivity contribution in [2.24, 2.45) is 0 Å². The Morgan fingerprint density at radius 3 is 2.71 bits per heavy atom. The van der Waals surface area contributed by atoms with Crippen molar-refractivity contribution in [1.29, 1.82) is 0 Å². The van der Waals surface area contributed by atoms with Crippen molar-refractivity contribution >= 4 is 27.8 Å². The predicted octanol–water partition coefficient (Wildman–Crippen LogP) is 3.38. The Bertz CT molecular complexity index is 1400. The lowest BCUT2D eigenvalue weighted by molar-refractivity contribution is -0.135. The van der Waals surface area contributed by atoms with Crippen LogP contribution >= 0.6 is 0 Å². The van der Waals surface area contributed by atoms with Crippen LogP contribution in [0.15, 0.2) is 62.5 Å². The van der Waals surface area contributed by atoms with E-state index in [2.05, 4.69) is 4.98 Å². The number of benzene rings is 2. The van der Waals surface area contributed by atoms with Crippen LogP contribution in [0.5, 0.6) is 5.75 Å². The van der Waals surface area contributed by atoms with Gasteiger partial charge in [-0.15, -0.1) is 0 Å². The highest BCUT2D eigenvalue weighted by atomic mass is 16.5. The fraction of sp³-hybridized carbons (Fsp3) is 0.136. The van der Waals surface area contributed by atoms with Crippen LogP contribution in [0.1, 0.15) is 29.0 Å². The quantitative estimate of drug-likeness (QED) is 0.314. The van der Waals surface area contributed by atoms with Crippen LogP contribution in [-0.4, -0.2) is 11.0 Å². The van der Waals surface area contributed by atoms with Crippen LogP contribution in [0.3, 0.4) is 0 Å². The van der Waals surface area contributed by atoms with E-state index in [0.717, 1.165) is 21.9 Å². The molecule has 0 spiro atoms. The lowest BCUT2D eigenvalue weighted by atomic mass is 9.85. The van der Waals surface area contributed by atoms with Crippen LogP contribution in [0.2, 0.25) is 0 Å². The van der Waals surface area contributed by atoms with Gasteiger partial charge < -0.3 is 14.1 Å². The van der Waals surface area contributed by atoms with Gasteiger partial charge in [0.2, 0.25) is 0 Å². The second-order valence-electron chi connectivity index (χ2n) is 6.97. The fourth-order valence-electron chi connectivity index (χ4n) is 3.93. The molecule has 3 heterocycles. The van der Waals surface area contributed by atoms with Crippen molar-refractivity contribution in [1.82, 2.24) is 4.98 Å². The third-order valence-corrected chi connectivity index (χ3v) is 5.22. The number of aryl methyl sites for hydroxylation is 1. The molecule has 1 aliphatic rings. The molecule has 6 nitrogen and oxygen atoms in total. The van der Waals surface area contributed by atoms with Crippen molar-refractivity contribution in [2.45, 2.75) is 19.3 Å². The highest BCUT2D eigenvalue weighted by Crippen LogP contribution is 2.42. The maximum Gasteiger partial charge on any atom is 0.336 e. The molecule has 2 aromatic carbocycles. The van der Waals surface area contributed by atoms with Crippen molar-refractivity contribution in [2.75, 3.05) is 0 Å². The van der Waals surface area contributed by atoms with Crippen LogP contribution in [0, 0.1) is 6.92 Å². The summed E-state index contributed by atoms with van der Waals surface area (Å²) in [6, 6.07) is 14.1. The van der Waals surface area contributed by atoms with Gasteiger partial charge in [-0.2, -0.15) is 0 Å². The smallest absolute Gasteiger partial charge is 0.336 e. The van der Waals surface area contributed by atoms with Gasteiger partial charge in [0.15, 0.2) is 0 Å². The van der Waals surface area contributed by atoms with Gasteiger partial charge in [-0.3, -0.25) is 9.59 Å². The summed E-state index contributed by atoms with van der Waals surface area (Å²) in [5, 5.41) is 1.61. The fourth-order valence-corrected chi connectivity index (χ4v) is 3.93. The largest absolute Gasteiger partial charge is 0.426 e. The molecule has 0 amide bonds. The first kappa shape index (κ1) is 16.5. The SMILES string of the molecule is Cc1cc(=O)oc2c3c(ccc12)OC(=O)CC3c1cc2ccccc2[nH]c1=O. The Morgan fingerprint density at radius 1 is 1.04 bits per heavy atom. The van der Waals surface area contributed by atoms with Gasteiger partial charge in [0, 0.05) is 34.0 Å². The Balaban J connectivity index is 1.85. The van der Waals surface area contributed by atoms with Crippen LogP contribution in [0.4, 0.5) is 0 Å². The molecule has 0 radical (unpaired) electrons. The predicted molar refractivity (Wildman–Crippen MR) is 104 cm³/mol. The van der Waals surface area contributed by atoms with E-state index in [4.69, 9.17) is 9.15 Å². The van der Waals surface area contributed by atoms with Gasteiger partial charge in [0.1, 0.15) is 11.3 Å².